The molecule has 2 nitrogen and oxygen atoms in total. The van der Waals surface area contributed by atoms with Crippen LogP contribution in [0.2, 0.25) is 0 Å². The quantitative estimate of drug-likeness (QED) is 0.198. The van der Waals surface area contributed by atoms with E-state index in [1.807, 2.05) is 65.8 Å². The average Bonchev–Trinajstić information content (AvgIpc) is 3.81. The minimum Gasteiger partial charge on any atom is -0.316 e. The molecule has 6 aromatic rings. The molecule has 1 aliphatic carbocycles. The summed E-state index contributed by atoms with van der Waals surface area (Å²) in [6.45, 7) is 11.7. The van der Waals surface area contributed by atoms with E-state index >= 15 is 0 Å². The molecular formula is C41H44N2. The second-order valence-electron chi connectivity index (χ2n) is 14.0. The summed E-state index contributed by atoms with van der Waals surface area (Å²) in [5, 5.41) is 0.753. The summed E-state index contributed by atoms with van der Waals surface area (Å²) < 4.78 is 90.4. The van der Waals surface area contributed by atoms with Gasteiger partial charge < -0.3 is 9.13 Å². The highest BCUT2D eigenvalue weighted by molar-refractivity contribution is 5.87. The number of hydrogen-bond acceptors (Lipinski definition) is 0. The van der Waals surface area contributed by atoms with Crippen LogP contribution in [0.4, 0.5) is 0 Å². The van der Waals surface area contributed by atoms with Crippen LogP contribution in [-0.2, 0) is 16.2 Å². The zero-order valence-electron chi connectivity index (χ0n) is 35.8. The first-order valence-corrected chi connectivity index (χ1v) is 15.2. The maximum absolute atomic E-state index is 9.25. The maximum Gasteiger partial charge on any atom is 0.0826 e. The molecule has 0 atom stereocenters. The highest BCUT2D eigenvalue weighted by Gasteiger charge is 2.37. The number of rotatable bonds is 4. The van der Waals surface area contributed by atoms with Gasteiger partial charge in [0.25, 0.3) is 0 Å². The molecule has 43 heavy (non-hydrogen) atoms. The Balaban J connectivity index is 1.35. The molecule has 2 heteroatoms. The Bertz CT molecular complexity index is 2290. The number of fused-ring (bicyclic) bond motifs is 2. The van der Waals surface area contributed by atoms with Gasteiger partial charge in [-0.1, -0.05) is 115 Å². The molecule has 1 fully saturated rings. The molecule has 0 amide bonds. The van der Waals surface area contributed by atoms with Crippen LogP contribution in [-0.4, -0.2) is 9.13 Å². The van der Waals surface area contributed by atoms with Gasteiger partial charge in [-0.15, -0.1) is 0 Å². The summed E-state index contributed by atoms with van der Waals surface area (Å²) in [6.07, 6.45) is 4.20. The lowest BCUT2D eigenvalue weighted by Crippen LogP contribution is -2.23. The molecule has 0 N–H and O–H groups in total. The zero-order chi connectivity index (χ0) is 38.7. The Morgan fingerprint density at radius 3 is 1.30 bits per heavy atom. The normalized spacial score (nSPS) is 18.7. The van der Waals surface area contributed by atoms with Crippen LogP contribution < -0.4 is 0 Å². The van der Waals surface area contributed by atoms with Gasteiger partial charge in [-0.2, -0.15) is 0 Å². The molecule has 7 rings (SSSR count). The van der Waals surface area contributed by atoms with E-state index in [9.17, 15) is 2.74 Å². The fourth-order valence-electron chi connectivity index (χ4n) is 6.81. The van der Waals surface area contributed by atoms with Gasteiger partial charge in [-0.25, -0.2) is 0 Å². The van der Waals surface area contributed by atoms with Gasteiger partial charge in [0, 0.05) is 39.9 Å². The van der Waals surface area contributed by atoms with E-state index in [0.717, 1.165) is 36.8 Å². The van der Waals surface area contributed by atoms with Crippen LogP contribution in [0, 0.1) is 0 Å². The Morgan fingerprint density at radius 1 is 0.558 bits per heavy atom. The molecular weight excluding hydrogens is 520 g/mol. The fourth-order valence-corrected chi connectivity index (χ4v) is 6.81. The topological polar surface area (TPSA) is 9.86 Å². The maximum atomic E-state index is 9.25. The number of para-hydroxylation sites is 2. The van der Waals surface area contributed by atoms with Gasteiger partial charge >= 0.3 is 0 Å². The average molecular weight is 575 g/mol. The largest absolute Gasteiger partial charge is 0.316 e. The molecule has 218 valence electrons. The van der Waals surface area contributed by atoms with Crippen molar-refractivity contribution in [3.8, 4) is 11.4 Å². The lowest BCUT2D eigenvalue weighted by molar-refractivity contribution is 0.535. The first-order valence-electron chi connectivity index (χ1n) is 20.2. The standard InChI is InChI=1S/C41H44N2/c1-39(2,3)35-27-42(37-15-9-7-13-33(35)37)31-21-17-29(18-22-31)41(25-11-12-26-41)30-19-23-32(24-20-30)43-28-36(40(4,5)6)34-14-8-10-16-38(34)43/h7-10,13-24,27-28H,11-12,25-26H2,1-6H3/i7D,8D,9D,10D,13D,14D,15D,16D,27D,28D. The summed E-state index contributed by atoms with van der Waals surface area (Å²) in [6, 6.07) is 14.1. The summed E-state index contributed by atoms with van der Waals surface area (Å²) in [4.78, 5) is 0. The third-order valence-corrected chi connectivity index (χ3v) is 9.04. The van der Waals surface area contributed by atoms with Gasteiger partial charge in [0.15, 0.2) is 0 Å². The summed E-state index contributed by atoms with van der Waals surface area (Å²) >= 11 is 0. The third kappa shape index (κ3) is 4.63. The Morgan fingerprint density at radius 2 is 0.930 bits per heavy atom. The van der Waals surface area contributed by atoms with Crippen molar-refractivity contribution in [2.45, 2.75) is 83.5 Å². The highest BCUT2D eigenvalue weighted by Crippen LogP contribution is 2.47. The van der Waals surface area contributed by atoms with E-state index in [1.165, 1.54) is 0 Å². The van der Waals surface area contributed by atoms with Crippen LogP contribution in [0.25, 0.3) is 33.2 Å². The van der Waals surface area contributed by atoms with Crippen LogP contribution in [0.15, 0.2) is 109 Å². The van der Waals surface area contributed by atoms with Crippen LogP contribution in [0.3, 0.4) is 0 Å². The molecule has 0 spiro atoms. The molecule has 4 aromatic carbocycles. The van der Waals surface area contributed by atoms with Gasteiger partial charge in [0.1, 0.15) is 0 Å². The number of benzene rings is 4. The molecule has 0 radical (unpaired) electrons. The number of aromatic nitrogens is 2. The predicted molar refractivity (Wildman–Crippen MR) is 183 cm³/mol. The molecule has 0 aliphatic heterocycles. The van der Waals surface area contributed by atoms with Crippen LogP contribution >= 0.6 is 0 Å². The fraction of sp³-hybridized carbons (Fsp3) is 0.317. The number of hydrogen-bond donors (Lipinski definition) is 0. The first kappa shape index (κ1) is 18.6. The zero-order valence-corrected chi connectivity index (χ0v) is 25.8. The predicted octanol–water partition coefficient (Wildman–Crippen LogP) is 11.0. The van der Waals surface area contributed by atoms with Crippen molar-refractivity contribution in [2.75, 3.05) is 0 Å². The molecule has 0 unspecified atom stereocenters. The molecule has 0 saturated heterocycles. The Labute approximate surface area is 271 Å². The molecule has 1 saturated carbocycles. The summed E-state index contributed by atoms with van der Waals surface area (Å²) in [5.74, 6) is 0. The van der Waals surface area contributed by atoms with Gasteiger partial charge in [-0.05, 0) is 82.3 Å². The van der Waals surface area contributed by atoms with Crippen molar-refractivity contribution >= 4 is 21.8 Å². The number of nitrogens with zero attached hydrogens (tertiary/aromatic N) is 2. The molecule has 0 bridgehead atoms. The summed E-state index contributed by atoms with van der Waals surface area (Å²) in [5.41, 5.74) is 3.87. The minimum atomic E-state index is -0.541. The molecule has 2 aromatic heterocycles. The van der Waals surface area contributed by atoms with Gasteiger partial charge in [-0.3, -0.25) is 0 Å². The summed E-state index contributed by atoms with van der Waals surface area (Å²) in [7, 11) is 0. The van der Waals surface area contributed by atoms with Crippen molar-refractivity contribution in [2.24, 2.45) is 0 Å². The van der Waals surface area contributed by atoms with E-state index in [2.05, 4.69) is 24.3 Å². The monoisotopic (exact) mass is 574 g/mol. The SMILES string of the molecule is [2H]c1c([2H])c([2H])c2c(c1[2H])c(C(C)(C)C)c([2H])n2-c1ccc(C2(c3ccc(-n4c([2H])c(C(C)(C)C)c5c([2H])c([2H])c([2H])c([2H])c54)cc3)CCCC2)cc1. The smallest absolute Gasteiger partial charge is 0.0826 e. The first-order chi connectivity index (χ1) is 24.7. The second kappa shape index (κ2) is 10.0. The van der Waals surface area contributed by atoms with Crippen molar-refractivity contribution in [1.82, 2.24) is 9.13 Å². The second-order valence-corrected chi connectivity index (χ2v) is 14.0. The van der Waals surface area contributed by atoms with E-state index < -0.39 is 10.8 Å². The van der Waals surface area contributed by atoms with Crippen molar-refractivity contribution < 1.29 is 13.7 Å². The lowest BCUT2D eigenvalue weighted by Gasteiger charge is -2.31. The van der Waals surface area contributed by atoms with Crippen molar-refractivity contribution in [3.05, 3.63) is 131 Å². The van der Waals surface area contributed by atoms with E-state index in [0.29, 0.717) is 44.3 Å². The van der Waals surface area contributed by atoms with E-state index in [-0.39, 0.29) is 66.1 Å². The molecule has 1 aliphatic rings. The molecule has 2 heterocycles. The lowest BCUT2D eigenvalue weighted by atomic mass is 9.73. The van der Waals surface area contributed by atoms with Gasteiger partial charge in [0.05, 0.1) is 24.7 Å². The van der Waals surface area contributed by atoms with Crippen molar-refractivity contribution in [1.29, 1.82) is 0 Å². The van der Waals surface area contributed by atoms with E-state index in [4.69, 9.17) is 11.0 Å². The highest BCUT2D eigenvalue weighted by atomic mass is 15.0. The Kier molecular flexibility index (Phi) is 4.33. The third-order valence-electron chi connectivity index (χ3n) is 9.04. The van der Waals surface area contributed by atoms with Crippen LogP contribution in [0.1, 0.15) is 103 Å². The van der Waals surface area contributed by atoms with Crippen molar-refractivity contribution in [3.63, 3.8) is 0 Å². The van der Waals surface area contributed by atoms with Gasteiger partial charge in [0.2, 0.25) is 0 Å². The van der Waals surface area contributed by atoms with E-state index in [1.54, 1.807) is 9.13 Å². The minimum absolute atomic E-state index is 0.136. The Hall–Kier alpha value is -4.04. The van der Waals surface area contributed by atoms with Crippen LogP contribution in [0.5, 0.6) is 0 Å².